The first-order valence-electron chi connectivity index (χ1n) is 11.0. The topological polar surface area (TPSA) is 93.5 Å². The maximum atomic E-state index is 13.9. The summed E-state index contributed by atoms with van der Waals surface area (Å²) in [5.41, 5.74) is 6.39. The standard InChI is InChI=1S/C23H25F3N6O2/c1-14(33)32-8-5-15(6-9-32)7-10-34-21-4-3-16(11-17(21)23(24,25)26)18-12-20-22(19(13-27)28-18)29-30-31(20)2/h3-4,11-12,15,29-30H,5-10H2,1-2H3. The van der Waals surface area contributed by atoms with E-state index in [9.17, 15) is 23.2 Å². The van der Waals surface area contributed by atoms with Crippen molar-refractivity contribution in [3.05, 3.63) is 35.5 Å². The van der Waals surface area contributed by atoms with E-state index in [4.69, 9.17) is 4.74 Å². The fraction of sp³-hybridized carbons (Fsp3) is 0.435. The highest BCUT2D eigenvalue weighted by molar-refractivity contribution is 5.81. The van der Waals surface area contributed by atoms with Crippen molar-refractivity contribution in [2.45, 2.75) is 32.4 Å². The van der Waals surface area contributed by atoms with E-state index >= 15 is 0 Å². The van der Waals surface area contributed by atoms with Gasteiger partial charge in [-0.3, -0.25) is 15.2 Å². The zero-order valence-corrected chi connectivity index (χ0v) is 18.9. The molecule has 8 nitrogen and oxygen atoms in total. The normalized spacial score (nSPS) is 16.1. The van der Waals surface area contributed by atoms with E-state index in [-0.39, 0.29) is 35.2 Å². The number of nitriles is 1. The van der Waals surface area contributed by atoms with Gasteiger partial charge in [-0.15, -0.1) is 5.53 Å². The molecule has 0 saturated carbocycles. The van der Waals surface area contributed by atoms with E-state index in [0.717, 1.165) is 18.9 Å². The van der Waals surface area contributed by atoms with E-state index in [0.29, 0.717) is 36.8 Å². The van der Waals surface area contributed by atoms with Crippen molar-refractivity contribution in [3.8, 4) is 23.1 Å². The van der Waals surface area contributed by atoms with Crippen molar-refractivity contribution >= 4 is 17.3 Å². The molecule has 1 saturated heterocycles. The third-order valence-electron chi connectivity index (χ3n) is 6.24. The molecule has 2 aliphatic rings. The molecule has 1 fully saturated rings. The second-order valence-electron chi connectivity index (χ2n) is 8.45. The monoisotopic (exact) mass is 474 g/mol. The Labute approximate surface area is 195 Å². The quantitative estimate of drug-likeness (QED) is 0.678. The molecular weight excluding hydrogens is 449 g/mol. The Hall–Kier alpha value is -3.52. The van der Waals surface area contributed by atoms with Crippen LogP contribution in [0.4, 0.5) is 24.5 Å². The molecule has 2 aromatic rings. The van der Waals surface area contributed by atoms with Crippen LogP contribution in [0.25, 0.3) is 11.3 Å². The number of piperidine rings is 1. The summed E-state index contributed by atoms with van der Waals surface area (Å²) in [6, 6.07) is 7.42. The molecule has 0 unspecified atom stereocenters. The average Bonchev–Trinajstić information content (AvgIpc) is 3.19. The van der Waals surface area contributed by atoms with Gasteiger partial charge in [0.05, 0.1) is 23.6 Å². The number of benzene rings is 1. The maximum absolute atomic E-state index is 13.9. The third-order valence-corrected chi connectivity index (χ3v) is 6.24. The molecule has 1 amide bonds. The van der Waals surface area contributed by atoms with Crippen molar-refractivity contribution in [3.63, 3.8) is 0 Å². The van der Waals surface area contributed by atoms with E-state index in [1.807, 2.05) is 6.07 Å². The van der Waals surface area contributed by atoms with Crippen molar-refractivity contribution in [1.29, 1.82) is 5.26 Å². The van der Waals surface area contributed by atoms with E-state index in [1.165, 1.54) is 19.1 Å². The number of hydrogen-bond donors (Lipinski definition) is 2. The van der Waals surface area contributed by atoms with Gasteiger partial charge in [0, 0.05) is 32.6 Å². The molecule has 0 aliphatic carbocycles. The highest BCUT2D eigenvalue weighted by Gasteiger charge is 2.35. The summed E-state index contributed by atoms with van der Waals surface area (Å²) >= 11 is 0. The van der Waals surface area contributed by atoms with E-state index < -0.39 is 11.7 Å². The predicted molar refractivity (Wildman–Crippen MR) is 120 cm³/mol. The van der Waals surface area contributed by atoms with E-state index in [1.54, 1.807) is 23.0 Å². The van der Waals surface area contributed by atoms with Gasteiger partial charge in [-0.1, -0.05) is 0 Å². The molecule has 2 aliphatic heterocycles. The fourth-order valence-corrected chi connectivity index (χ4v) is 4.26. The van der Waals surface area contributed by atoms with Crippen LogP contribution in [0.5, 0.6) is 5.75 Å². The fourth-order valence-electron chi connectivity index (χ4n) is 4.26. The number of pyridine rings is 1. The van der Waals surface area contributed by atoms with Gasteiger partial charge < -0.3 is 9.64 Å². The number of amides is 1. The lowest BCUT2D eigenvalue weighted by Crippen LogP contribution is -2.37. The highest BCUT2D eigenvalue weighted by Crippen LogP contribution is 2.40. The summed E-state index contributed by atoms with van der Waals surface area (Å²) in [5.74, 6) is 0.117. The molecule has 0 bridgehead atoms. The zero-order valence-electron chi connectivity index (χ0n) is 18.9. The molecule has 11 heteroatoms. The molecule has 1 aromatic carbocycles. The molecule has 3 heterocycles. The van der Waals surface area contributed by atoms with Crippen molar-refractivity contribution in [2.24, 2.45) is 5.92 Å². The molecule has 34 heavy (non-hydrogen) atoms. The minimum atomic E-state index is -4.62. The van der Waals surface area contributed by atoms with Crippen LogP contribution < -0.4 is 20.7 Å². The van der Waals surface area contributed by atoms with Gasteiger partial charge in [-0.05, 0) is 49.4 Å². The summed E-state index contributed by atoms with van der Waals surface area (Å²) in [7, 11) is 1.71. The first-order valence-corrected chi connectivity index (χ1v) is 11.0. The zero-order chi connectivity index (χ0) is 24.5. The summed E-state index contributed by atoms with van der Waals surface area (Å²) in [6.45, 7) is 3.03. The molecular formula is C23H25F3N6O2. The number of anilines is 2. The second kappa shape index (κ2) is 9.38. The van der Waals surface area contributed by atoms with Gasteiger partial charge in [0.25, 0.3) is 0 Å². The lowest BCUT2D eigenvalue weighted by atomic mass is 9.94. The number of carbonyl (C=O) groups is 1. The smallest absolute Gasteiger partial charge is 0.419 e. The molecule has 180 valence electrons. The van der Waals surface area contributed by atoms with Gasteiger partial charge in [0.15, 0.2) is 5.69 Å². The summed E-state index contributed by atoms with van der Waals surface area (Å²) in [5, 5.41) is 11.0. The van der Waals surface area contributed by atoms with Gasteiger partial charge >= 0.3 is 6.18 Å². The minimum absolute atomic E-state index is 0.0449. The molecule has 4 rings (SSSR count). The number of likely N-dealkylation sites (tertiary alicyclic amines) is 1. The summed E-state index contributed by atoms with van der Waals surface area (Å²) in [4.78, 5) is 17.5. The molecule has 1 aromatic heterocycles. The number of alkyl halides is 3. The van der Waals surface area contributed by atoms with Gasteiger partial charge in [0.1, 0.15) is 17.5 Å². The van der Waals surface area contributed by atoms with Crippen LogP contribution in [0.3, 0.4) is 0 Å². The van der Waals surface area contributed by atoms with Crippen LogP contribution in [0.1, 0.15) is 37.4 Å². The van der Waals surface area contributed by atoms with Crippen LogP contribution in [0.15, 0.2) is 24.3 Å². The number of ether oxygens (including phenoxy) is 1. The Morgan fingerprint density at radius 3 is 2.68 bits per heavy atom. The van der Waals surface area contributed by atoms with Crippen molar-refractivity contribution in [1.82, 2.24) is 15.4 Å². The number of hydrogen-bond acceptors (Lipinski definition) is 7. The Morgan fingerprint density at radius 2 is 2.03 bits per heavy atom. The van der Waals surface area contributed by atoms with Gasteiger partial charge in [0.2, 0.25) is 5.91 Å². The molecule has 0 atom stereocenters. The highest BCUT2D eigenvalue weighted by atomic mass is 19.4. The van der Waals surface area contributed by atoms with Crippen molar-refractivity contribution in [2.75, 3.05) is 37.2 Å². The van der Waals surface area contributed by atoms with Gasteiger partial charge in [-0.2, -0.15) is 18.4 Å². The molecule has 0 radical (unpaired) electrons. The largest absolute Gasteiger partial charge is 0.493 e. The Balaban J connectivity index is 1.51. The number of halogens is 3. The van der Waals surface area contributed by atoms with Crippen LogP contribution in [-0.4, -0.2) is 42.5 Å². The lowest BCUT2D eigenvalue weighted by molar-refractivity contribution is -0.139. The first kappa shape index (κ1) is 23.6. The Morgan fingerprint density at radius 1 is 1.29 bits per heavy atom. The van der Waals surface area contributed by atoms with Crippen molar-refractivity contribution < 1.29 is 22.7 Å². The SMILES string of the molecule is CC(=O)N1CCC(CCOc2ccc(-c3cc4c(c(C#N)n3)NNN4C)cc2C(F)(F)F)CC1. The van der Waals surface area contributed by atoms with Crippen LogP contribution in [0, 0.1) is 17.2 Å². The number of nitrogens with one attached hydrogen (secondary N) is 2. The second-order valence-corrected chi connectivity index (χ2v) is 8.45. The third kappa shape index (κ3) is 4.87. The van der Waals surface area contributed by atoms with Gasteiger partial charge in [-0.25, -0.2) is 4.98 Å². The number of nitrogens with zero attached hydrogens (tertiary/aromatic N) is 4. The predicted octanol–water partition coefficient (Wildman–Crippen LogP) is 3.95. The summed E-state index contributed by atoms with van der Waals surface area (Å²) < 4.78 is 47.1. The molecule has 0 spiro atoms. The van der Waals surface area contributed by atoms with Crippen LogP contribution in [-0.2, 0) is 11.0 Å². The number of rotatable bonds is 5. The lowest BCUT2D eigenvalue weighted by Gasteiger charge is -2.31. The van der Waals surface area contributed by atoms with Crippen LogP contribution in [0.2, 0.25) is 0 Å². The summed E-state index contributed by atoms with van der Waals surface area (Å²) in [6.07, 6.45) is -2.36. The minimum Gasteiger partial charge on any atom is -0.493 e. The average molecular weight is 474 g/mol. The molecule has 2 N–H and O–H groups in total. The van der Waals surface area contributed by atoms with Crippen LogP contribution >= 0.6 is 0 Å². The Kier molecular flexibility index (Phi) is 6.52. The first-order chi connectivity index (χ1) is 16.2. The number of fused-ring (bicyclic) bond motifs is 1. The number of aromatic nitrogens is 1. The number of hydrazine groups is 2. The number of carbonyl (C=O) groups excluding carboxylic acids is 1. The van der Waals surface area contributed by atoms with E-state index in [2.05, 4.69) is 15.9 Å². The maximum Gasteiger partial charge on any atom is 0.419 e. The Bertz CT molecular complexity index is 1120.